The molecule has 0 fully saturated rings. The Morgan fingerprint density at radius 3 is 0.937 bits per heavy atom. The zero-order valence-electron chi connectivity index (χ0n) is 34.6. The van der Waals surface area contributed by atoms with Crippen molar-refractivity contribution in [2.45, 2.75) is 0 Å². The zero-order chi connectivity index (χ0) is 41.7. The van der Waals surface area contributed by atoms with E-state index < -0.39 is 0 Å². The van der Waals surface area contributed by atoms with E-state index in [9.17, 15) is 0 Å². The third kappa shape index (κ3) is 6.42. The summed E-state index contributed by atoms with van der Waals surface area (Å²) in [4.78, 5) is 2.39. The van der Waals surface area contributed by atoms with E-state index in [4.69, 9.17) is 0 Å². The van der Waals surface area contributed by atoms with Gasteiger partial charge in [-0.3, -0.25) is 0 Å². The maximum absolute atomic E-state index is 2.44. The van der Waals surface area contributed by atoms with Gasteiger partial charge in [0.1, 0.15) is 0 Å². The molecule has 0 N–H and O–H groups in total. The van der Waals surface area contributed by atoms with Crippen molar-refractivity contribution in [3.63, 3.8) is 0 Å². The first kappa shape index (κ1) is 36.6. The zero-order valence-corrected chi connectivity index (χ0v) is 34.6. The Kier molecular flexibility index (Phi) is 8.90. The van der Waals surface area contributed by atoms with Crippen molar-refractivity contribution in [3.8, 4) is 77.9 Å². The highest BCUT2D eigenvalue weighted by atomic mass is 15.1. The molecule has 0 atom stereocenters. The predicted molar refractivity (Wildman–Crippen MR) is 268 cm³/mol. The SMILES string of the molecule is c1ccc(-c2ccc(-c3ccc(N(c4ccc(-c5ccccc5)cc4)c4ccc5cc6c(cc5c4)-c4c-6c(-c5ccccc5)c5ccccc5c4-c4ccccc4)cc3)cc2)cc1. The first-order valence-electron chi connectivity index (χ1n) is 21.7. The van der Waals surface area contributed by atoms with E-state index in [0.29, 0.717) is 0 Å². The Morgan fingerprint density at radius 2 is 0.524 bits per heavy atom. The molecule has 11 aromatic carbocycles. The van der Waals surface area contributed by atoms with Crippen LogP contribution in [0.15, 0.2) is 249 Å². The van der Waals surface area contributed by atoms with Crippen molar-refractivity contribution >= 4 is 38.6 Å². The van der Waals surface area contributed by atoms with Gasteiger partial charge < -0.3 is 4.90 Å². The second-order valence-electron chi connectivity index (χ2n) is 16.4. The molecule has 294 valence electrons. The summed E-state index contributed by atoms with van der Waals surface area (Å²) in [7, 11) is 0. The molecule has 0 radical (unpaired) electrons. The molecule has 11 aromatic rings. The minimum Gasteiger partial charge on any atom is -0.310 e. The Morgan fingerprint density at radius 1 is 0.206 bits per heavy atom. The van der Waals surface area contributed by atoms with E-state index in [0.717, 1.165) is 17.1 Å². The third-order valence-electron chi connectivity index (χ3n) is 12.8. The van der Waals surface area contributed by atoms with Gasteiger partial charge in [0.05, 0.1) is 0 Å². The first-order valence-corrected chi connectivity index (χ1v) is 21.7. The highest BCUT2D eigenvalue weighted by Gasteiger charge is 2.32. The van der Waals surface area contributed by atoms with Gasteiger partial charge >= 0.3 is 0 Å². The fraction of sp³-hybridized carbons (Fsp3) is 0. The van der Waals surface area contributed by atoms with Crippen LogP contribution in [0.4, 0.5) is 17.1 Å². The topological polar surface area (TPSA) is 3.24 Å². The molecule has 0 aliphatic heterocycles. The smallest absolute Gasteiger partial charge is 0.0468 e. The minimum absolute atomic E-state index is 1.10. The summed E-state index contributed by atoms with van der Waals surface area (Å²) in [5, 5.41) is 5.00. The van der Waals surface area contributed by atoms with Crippen LogP contribution in [-0.4, -0.2) is 0 Å². The highest BCUT2D eigenvalue weighted by Crippen LogP contribution is 2.60. The van der Waals surface area contributed by atoms with E-state index in [1.54, 1.807) is 0 Å². The molecule has 1 nitrogen and oxygen atoms in total. The summed E-state index contributed by atoms with van der Waals surface area (Å²) in [6.45, 7) is 0. The van der Waals surface area contributed by atoms with Crippen molar-refractivity contribution < 1.29 is 0 Å². The maximum atomic E-state index is 2.44. The van der Waals surface area contributed by atoms with E-state index >= 15 is 0 Å². The Bertz CT molecular complexity index is 3430. The summed E-state index contributed by atoms with van der Waals surface area (Å²) < 4.78 is 0. The van der Waals surface area contributed by atoms with Gasteiger partial charge in [-0.2, -0.15) is 0 Å². The molecule has 0 heterocycles. The lowest BCUT2D eigenvalue weighted by Gasteiger charge is -2.33. The van der Waals surface area contributed by atoms with Gasteiger partial charge in [0.2, 0.25) is 0 Å². The van der Waals surface area contributed by atoms with Gasteiger partial charge in [0.15, 0.2) is 0 Å². The summed E-state index contributed by atoms with van der Waals surface area (Å²) in [5.41, 5.74) is 20.9. The lowest BCUT2D eigenvalue weighted by Crippen LogP contribution is -2.10. The predicted octanol–water partition coefficient (Wildman–Crippen LogP) is 17.4. The van der Waals surface area contributed by atoms with Crippen molar-refractivity contribution in [3.05, 3.63) is 249 Å². The molecular weight excluding hydrogens is 759 g/mol. The Balaban J connectivity index is 0.986. The highest BCUT2D eigenvalue weighted by molar-refractivity contribution is 6.26. The number of hydrogen-bond acceptors (Lipinski definition) is 1. The van der Waals surface area contributed by atoms with E-state index in [-0.39, 0.29) is 0 Å². The number of benzene rings is 11. The quantitative estimate of drug-likeness (QED) is 0.148. The van der Waals surface area contributed by atoms with Crippen LogP contribution >= 0.6 is 0 Å². The van der Waals surface area contributed by atoms with E-state index in [2.05, 4.69) is 254 Å². The van der Waals surface area contributed by atoms with Crippen molar-refractivity contribution in [1.82, 2.24) is 0 Å². The molecule has 0 amide bonds. The van der Waals surface area contributed by atoms with Crippen LogP contribution in [-0.2, 0) is 0 Å². The largest absolute Gasteiger partial charge is 0.310 e. The number of nitrogens with zero attached hydrogens (tertiary/aromatic N) is 1. The van der Waals surface area contributed by atoms with Gasteiger partial charge in [-0.05, 0) is 148 Å². The molecule has 0 bridgehead atoms. The van der Waals surface area contributed by atoms with Crippen molar-refractivity contribution in [2.24, 2.45) is 0 Å². The van der Waals surface area contributed by atoms with Gasteiger partial charge in [-0.15, -0.1) is 0 Å². The minimum atomic E-state index is 1.10. The van der Waals surface area contributed by atoms with Crippen LogP contribution < -0.4 is 4.90 Å². The van der Waals surface area contributed by atoms with Crippen LogP contribution in [0.2, 0.25) is 0 Å². The van der Waals surface area contributed by atoms with Crippen LogP contribution in [0.25, 0.3) is 99.4 Å². The summed E-state index contributed by atoms with van der Waals surface area (Å²) in [6, 6.07) is 90.7. The van der Waals surface area contributed by atoms with Gasteiger partial charge in [0.25, 0.3) is 0 Å². The van der Waals surface area contributed by atoms with Gasteiger partial charge in [-0.1, -0.05) is 200 Å². The fourth-order valence-electron chi connectivity index (χ4n) is 9.73. The van der Waals surface area contributed by atoms with Crippen LogP contribution in [0.3, 0.4) is 0 Å². The second-order valence-corrected chi connectivity index (χ2v) is 16.4. The fourth-order valence-corrected chi connectivity index (χ4v) is 9.73. The van der Waals surface area contributed by atoms with E-state index in [1.165, 1.54) is 99.4 Å². The number of anilines is 3. The van der Waals surface area contributed by atoms with Gasteiger partial charge in [-0.25, -0.2) is 0 Å². The molecule has 0 saturated heterocycles. The monoisotopic (exact) mass is 799 g/mol. The number of rotatable bonds is 8. The first-order chi connectivity index (χ1) is 31.2. The third-order valence-corrected chi connectivity index (χ3v) is 12.8. The lowest BCUT2D eigenvalue weighted by molar-refractivity contribution is 1.29. The molecule has 63 heavy (non-hydrogen) atoms. The summed E-state index contributed by atoms with van der Waals surface area (Å²) in [6.07, 6.45) is 0. The summed E-state index contributed by atoms with van der Waals surface area (Å²) >= 11 is 0. The molecule has 1 heteroatoms. The Hall–Kier alpha value is -8.26. The molecular formula is C62H41N. The normalized spacial score (nSPS) is 11.5. The van der Waals surface area contributed by atoms with Gasteiger partial charge in [0, 0.05) is 17.1 Å². The molecule has 0 aromatic heterocycles. The molecule has 1 aliphatic rings. The van der Waals surface area contributed by atoms with Crippen LogP contribution in [0.1, 0.15) is 0 Å². The van der Waals surface area contributed by atoms with E-state index in [1.807, 2.05) is 0 Å². The molecule has 12 rings (SSSR count). The molecule has 1 aliphatic carbocycles. The summed E-state index contributed by atoms with van der Waals surface area (Å²) in [5.74, 6) is 0. The molecule has 0 unspecified atom stereocenters. The molecule has 0 spiro atoms. The maximum Gasteiger partial charge on any atom is 0.0468 e. The number of hydrogen-bond donors (Lipinski definition) is 0. The number of fused-ring (bicyclic) bond motifs is 6. The average Bonchev–Trinajstić information content (AvgIpc) is 3.36. The average molecular weight is 800 g/mol. The van der Waals surface area contributed by atoms with Crippen molar-refractivity contribution in [2.75, 3.05) is 4.90 Å². The van der Waals surface area contributed by atoms with Crippen LogP contribution in [0.5, 0.6) is 0 Å². The lowest BCUT2D eigenvalue weighted by atomic mass is 9.70. The van der Waals surface area contributed by atoms with Crippen LogP contribution in [0, 0.1) is 0 Å². The molecule has 0 saturated carbocycles. The van der Waals surface area contributed by atoms with Crippen molar-refractivity contribution in [1.29, 1.82) is 0 Å². The Labute approximate surface area is 368 Å². The second kappa shape index (κ2) is 15.3. The standard InChI is InChI=1S/C62H41N/c1-5-15-42(16-6-1)44-25-27-45(28-26-44)47-31-36-53(37-32-47)63(52-34-29-46(30-35-52)43-17-7-2-8-18-43)54-38-33-50-40-57-58(41-51(50)39-54)62-60(49-21-11-4-12-22-49)56-24-14-13-23-55(56)59(61(57)62)48-19-9-3-10-20-48/h1-41H.